The lowest BCUT2D eigenvalue weighted by atomic mass is 10.3. The molecule has 0 fully saturated rings. The number of rotatable bonds is 4. The SMILES string of the molecule is CN=C(NCc1cn2ccc(C)cc2n1)NCc1ccco1. The molecule has 6 heteroatoms. The summed E-state index contributed by atoms with van der Waals surface area (Å²) in [5, 5.41) is 6.44. The van der Waals surface area contributed by atoms with Gasteiger partial charge in [0.2, 0.25) is 0 Å². The molecule has 0 aliphatic heterocycles. The minimum Gasteiger partial charge on any atom is -0.467 e. The molecule has 0 amide bonds. The van der Waals surface area contributed by atoms with E-state index in [1.54, 1.807) is 13.3 Å². The second-order valence-electron chi connectivity index (χ2n) is 5.06. The van der Waals surface area contributed by atoms with Crippen molar-refractivity contribution in [3.63, 3.8) is 0 Å². The Bertz CT molecular complexity index is 773. The van der Waals surface area contributed by atoms with E-state index in [9.17, 15) is 0 Å². The van der Waals surface area contributed by atoms with Crippen LogP contribution in [0.2, 0.25) is 0 Å². The van der Waals surface area contributed by atoms with Gasteiger partial charge in [-0.25, -0.2) is 4.98 Å². The van der Waals surface area contributed by atoms with Gasteiger partial charge in [-0.2, -0.15) is 0 Å². The van der Waals surface area contributed by atoms with Gasteiger partial charge in [-0.3, -0.25) is 4.99 Å². The summed E-state index contributed by atoms with van der Waals surface area (Å²) in [5.41, 5.74) is 3.12. The number of fused-ring (bicyclic) bond motifs is 1. The van der Waals surface area contributed by atoms with Crippen molar-refractivity contribution in [3.8, 4) is 0 Å². The quantitative estimate of drug-likeness (QED) is 0.572. The predicted molar refractivity (Wildman–Crippen MR) is 85.7 cm³/mol. The van der Waals surface area contributed by atoms with Gasteiger partial charge in [0.25, 0.3) is 0 Å². The van der Waals surface area contributed by atoms with Crippen molar-refractivity contribution in [1.82, 2.24) is 20.0 Å². The van der Waals surface area contributed by atoms with E-state index in [0.29, 0.717) is 19.0 Å². The summed E-state index contributed by atoms with van der Waals surface area (Å²) in [5.74, 6) is 1.58. The minimum absolute atomic E-state index is 0.594. The molecule has 22 heavy (non-hydrogen) atoms. The molecule has 3 rings (SSSR count). The van der Waals surface area contributed by atoms with Crippen molar-refractivity contribution in [2.45, 2.75) is 20.0 Å². The summed E-state index contributed by atoms with van der Waals surface area (Å²) in [4.78, 5) is 8.78. The number of hydrogen-bond acceptors (Lipinski definition) is 3. The van der Waals surface area contributed by atoms with Gasteiger partial charge in [-0.1, -0.05) is 0 Å². The number of aryl methyl sites for hydroxylation is 1. The molecule has 0 unspecified atom stereocenters. The van der Waals surface area contributed by atoms with Crippen molar-refractivity contribution >= 4 is 11.6 Å². The van der Waals surface area contributed by atoms with Crippen LogP contribution in [0.4, 0.5) is 0 Å². The standard InChI is InChI=1S/C16H19N5O/c1-12-5-6-21-11-13(20-15(21)8-12)9-18-16(17-2)19-10-14-4-3-7-22-14/h3-8,11H,9-10H2,1-2H3,(H2,17,18,19). The Kier molecular flexibility index (Phi) is 4.09. The lowest BCUT2D eigenvalue weighted by Crippen LogP contribution is -2.36. The first-order valence-electron chi connectivity index (χ1n) is 7.16. The van der Waals surface area contributed by atoms with Crippen LogP contribution in [0.3, 0.4) is 0 Å². The number of imidazole rings is 1. The zero-order valence-electron chi connectivity index (χ0n) is 12.7. The van der Waals surface area contributed by atoms with Gasteiger partial charge >= 0.3 is 0 Å². The number of furan rings is 1. The maximum atomic E-state index is 5.28. The van der Waals surface area contributed by atoms with E-state index in [-0.39, 0.29) is 0 Å². The largest absolute Gasteiger partial charge is 0.467 e. The topological polar surface area (TPSA) is 66.9 Å². The number of aromatic nitrogens is 2. The van der Waals surface area contributed by atoms with E-state index in [4.69, 9.17) is 4.42 Å². The summed E-state index contributed by atoms with van der Waals surface area (Å²) >= 11 is 0. The summed E-state index contributed by atoms with van der Waals surface area (Å²) in [6.07, 6.45) is 5.69. The van der Waals surface area contributed by atoms with Gasteiger partial charge < -0.3 is 19.5 Å². The first kappa shape index (κ1) is 14.2. The third kappa shape index (κ3) is 3.28. The molecule has 0 atom stereocenters. The van der Waals surface area contributed by atoms with Crippen LogP contribution in [0.25, 0.3) is 5.65 Å². The summed E-state index contributed by atoms with van der Waals surface area (Å²) in [6, 6.07) is 7.92. The number of nitrogens with zero attached hydrogens (tertiary/aromatic N) is 3. The lowest BCUT2D eigenvalue weighted by molar-refractivity contribution is 0.501. The Labute approximate surface area is 128 Å². The summed E-state index contributed by atoms with van der Waals surface area (Å²) < 4.78 is 7.30. The Hall–Kier alpha value is -2.76. The van der Waals surface area contributed by atoms with E-state index in [0.717, 1.165) is 17.1 Å². The number of nitrogens with one attached hydrogen (secondary N) is 2. The highest BCUT2D eigenvalue weighted by Crippen LogP contribution is 2.07. The molecule has 0 aliphatic carbocycles. The Morgan fingerprint density at radius 3 is 2.95 bits per heavy atom. The van der Waals surface area contributed by atoms with Crippen molar-refractivity contribution in [2.24, 2.45) is 4.99 Å². The van der Waals surface area contributed by atoms with Gasteiger partial charge in [-0.05, 0) is 36.8 Å². The number of hydrogen-bond donors (Lipinski definition) is 2. The number of aliphatic imine (C=N–C) groups is 1. The third-order valence-corrected chi connectivity index (χ3v) is 3.34. The molecule has 0 aromatic carbocycles. The zero-order chi connectivity index (χ0) is 15.4. The van der Waals surface area contributed by atoms with Crippen LogP contribution in [-0.2, 0) is 13.1 Å². The monoisotopic (exact) mass is 297 g/mol. The maximum Gasteiger partial charge on any atom is 0.191 e. The van der Waals surface area contributed by atoms with E-state index < -0.39 is 0 Å². The van der Waals surface area contributed by atoms with E-state index in [2.05, 4.69) is 39.7 Å². The Morgan fingerprint density at radius 2 is 2.18 bits per heavy atom. The van der Waals surface area contributed by atoms with Crippen molar-refractivity contribution in [3.05, 3.63) is 59.9 Å². The fraction of sp³-hybridized carbons (Fsp3) is 0.250. The predicted octanol–water partition coefficient (Wildman–Crippen LogP) is 2.10. The molecule has 0 bridgehead atoms. The minimum atomic E-state index is 0.594. The highest BCUT2D eigenvalue weighted by Gasteiger charge is 2.04. The fourth-order valence-corrected chi connectivity index (χ4v) is 2.20. The van der Waals surface area contributed by atoms with Crippen molar-refractivity contribution in [1.29, 1.82) is 0 Å². The molecular formula is C16H19N5O. The number of guanidine groups is 1. The van der Waals surface area contributed by atoms with Crippen molar-refractivity contribution < 1.29 is 4.42 Å². The lowest BCUT2D eigenvalue weighted by Gasteiger charge is -2.09. The molecule has 0 aliphatic rings. The summed E-state index contributed by atoms with van der Waals surface area (Å²) in [6.45, 7) is 3.27. The molecule has 114 valence electrons. The second kappa shape index (κ2) is 6.34. The molecule has 3 aromatic rings. The van der Waals surface area contributed by atoms with Gasteiger partial charge in [0.15, 0.2) is 5.96 Å². The molecule has 0 saturated carbocycles. The molecule has 2 N–H and O–H groups in total. The molecule has 0 radical (unpaired) electrons. The molecular weight excluding hydrogens is 278 g/mol. The smallest absolute Gasteiger partial charge is 0.191 e. The van der Waals surface area contributed by atoms with Crippen LogP contribution in [0, 0.1) is 6.92 Å². The molecule has 0 spiro atoms. The van der Waals surface area contributed by atoms with Crippen LogP contribution in [0.5, 0.6) is 0 Å². The third-order valence-electron chi connectivity index (χ3n) is 3.34. The second-order valence-corrected chi connectivity index (χ2v) is 5.06. The molecule has 0 saturated heterocycles. The first-order chi connectivity index (χ1) is 10.7. The normalized spacial score (nSPS) is 11.8. The highest BCUT2D eigenvalue weighted by atomic mass is 16.3. The maximum absolute atomic E-state index is 5.28. The highest BCUT2D eigenvalue weighted by molar-refractivity contribution is 5.79. The van der Waals surface area contributed by atoms with E-state index >= 15 is 0 Å². The van der Waals surface area contributed by atoms with Gasteiger partial charge in [0.1, 0.15) is 11.4 Å². The Morgan fingerprint density at radius 1 is 1.32 bits per heavy atom. The van der Waals surface area contributed by atoms with Gasteiger partial charge in [0, 0.05) is 19.4 Å². The van der Waals surface area contributed by atoms with Crippen LogP contribution in [0.15, 0.2) is 52.3 Å². The van der Waals surface area contributed by atoms with Crippen LogP contribution in [-0.4, -0.2) is 22.4 Å². The van der Waals surface area contributed by atoms with Crippen molar-refractivity contribution in [2.75, 3.05) is 7.05 Å². The van der Waals surface area contributed by atoms with Crippen LogP contribution < -0.4 is 10.6 Å². The summed E-state index contributed by atoms with van der Waals surface area (Å²) in [7, 11) is 1.74. The van der Waals surface area contributed by atoms with Crippen LogP contribution in [0.1, 0.15) is 17.0 Å². The van der Waals surface area contributed by atoms with Gasteiger partial charge in [-0.15, -0.1) is 0 Å². The molecule has 3 heterocycles. The van der Waals surface area contributed by atoms with Gasteiger partial charge in [0.05, 0.1) is 25.0 Å². The first-order valence-corrected chi connectivity index (χ1v) is 7.16. The van der Waals surface area contributed by atoms with Crippen LogP contribution >= 0.6 is 0 Å². The zero-order valence-corrected chi connectivity index (χ0v) is 12.7. The Balaban J connectivity index is 1.59. The molecule has 3 aromatic heterocycles. The van der Waals surface area contributed by atoms with E-state index in [1.807, 2.05) is 28.9 Å². The number of pyridine rings is 1. The average molecular weight is 297 g/mol. The fourth-order valence-electron chi connectivity index (χ4n) is 2.20. The molecule has 6 nitrogen and oxygen atoms in total. The van der Waals surface area contributed by atoms with E-state index in [1.165, 1.54) is 5.56 Å². The average Bonchev–Trinajstić information content (AvgIpc) is 3.16.